The average molecular weight is 221 g/mol. The average Bonchev–Trinajstić information content (AvgIpc) is 2.56. The molecule has 1 aromatic rings. The molecule has 1 aromatic heterocycles. The summed E-state index contributed by atoms with van der Waals surface area (Å²) >= 11 is 0. The van der Waals surface area contributed by atoms with Gasteiger partial charge in [-0.1, -0.05) is 20.3 Å². The quantitative estimate of drug-likeness (QED) is 0.849. The summed E-state index contributed by atoms with van der Waals surface area (Å²) in [5.74, 6) is 1.09. The monoisotopic (exact) mass is 221 g/mol. The fourth-order valence-corrected chi connectivity index (χ4v) is 2.80. The smallest absolute Gasteiger partial charge is 0.203 e. The highest BCUT2D eigenvalue weighted by molar-refractivity contribution is 5.38. The lowest BCUT2D eigenvalue weighted by Crippen LogP contribution is -2.29. The minimum atomic E-state index is 0.545. The highest BCUT2D eigenvalue weighted by atomic mass is 15.3. The van der Waals surface area contributed by atoms with Gasteiger partial charge in [-0.2, -0.15) is 0 Å². The van der Waals surface area contributed by atoms with Gasteiger partial charge in [0.15, 0.2) is 0 Å². The molecule has 1 N–H and O–H groups in total. The van der Waals surface area contributed by atoms with Gasteiger partial charge in [0.1, 0.15) is 0 Å². The maximum absolute atomic E-state index is 4.76. The summed E-state index contributed by atoms with van der Waals surface area (Å²) < 4.78 is 2.41. The van der Waals surface area contributed by atoms with Crippen molar-refractivity contribution in [2.24, 2.45) is 0 Å². The number of nitrogens with one attached hydrogen (secondary N) is 1. The van der Waals surface area contributed by atoms with Crippen molar-refractivity contribution in [3.05, 3.63) is 11.4 Å². The summed E-state index contributed by atoms with van der Waals surface area (Å²) in [6, 6.07) is 1.13. The predicted octanol–water partition coefficient (Wildman–Crippen LogP) is 3.16. The maximum atomic E-state index is 4.76. The molecule has 0 saturated carbocycles. The van der Waals surface area contributed by atoms with Gasteiger partial charge in [0.2, 0.25) is 5.95 Å². The lowest BCUT2D eigenvalue weighted by molar-refractivity contribution is 0.438. The van der Waals surface area contributed by atoms with Crippen molar-refractivity contribution in [3.8, 4) is 0 Å². The molecule has 0 aliphatic carbocycles. The van der Waals surface area contributed by atoms with E-state index < -0.39 is 0 Å². The highest BCUT2D eigenvalue weighted by Crippen LogP contribution is 2.30. The molecule has 90 valence electrons. The second-order valence-electron chi connectivity index (χ2n) is 4.93. The van der Waals surface area contributed by atoms with Crippen LogP contribution in [0.1, 0.15) is 58.0 Å². The lowest BCUT2D eigenvalue weighted by Gasteiger charge is -2.29. The molecule has 0 radical (unpaired) electrons. The van der Waals surface area contributed by atoms with E-state index in [1.165, 1.54) is 24.2 Å². The zero-order valence-corrected chi connectivity index (χ0v) is 10.9. The molecule has 2 atom stereocenters. The van der Waals surface area contributed by atoms with Crippen LogP contribution in [0.25, 0.3) is 0 Å². The Kier molecular flexibility index (Phi) is 3.22. The Bertz CT molecular complexity index is 367. The lowest BCUT2D eigenvalue weighted by atomic mass is 10.1. The highest BCUT2D eigenvalue weighted by Gasteiger charge is 2.25. The molecule has 0 saturated heterocycles. The minimum Gasteiger partial charge on any atom is -0.353 e. The van der Waals surface area contributed by atoms with Crippen LogP contribution in [-0.2, 0) is 12.8 Å². The molecule has 2 rings (SSSR count). The Morgan fingerprint density at radius 3 is 2.75 bits per heavy atom. The van der Waals surface area contributed by atoms with Crippen molar-refractivity contribution in [1.29, 1.82) is 0 Å². The number of aromatic nitrogens is 2. The number of hydrogen-bond acceptors (Lipinski definition) is 2. The molecule has 2 heterocycles. The Balaban J connectivity index is 2.42. The van der Waals surface area contributed by atoms with Gasteiger partial charge in [-0.3, -0.25) is 0 Å². The number of rotatable bonds is 3. The molecule has 0 bridgehead atoms. The second kappa shape index (κ2) is 4.48. The molecule has 0 amide bonds. The Labute approximate surface area is 98.3 Å². The van der Waals surface area contributed by atoms with E-state index in [0.29, 0.717) is 12.1 Å². The van der Waals surface area contributed by atoms with E-state index >= 15 is 0 Å². The first-order valence-corrected chi connectivity index (χ1v) is 6.53. The molecule has 1 aliphatic rings. The standard InChI is InChI=1S/C13H23N3/c1-5-7-11-12(6-2)16-10(4)8-9(3)14-13(16)15-11/h9-10H,5-8H2,1-4H3,(H,14,15). The summed E-state index contributed by atoms with van der Waals surface area (Å²) in [7, 11) is 0. The first-order valence-electron chi connectivity index (χ1n) is 6.53. The van der Waals surface area contributed by atoms with Crippen LogP contribution in [0.5, 0.6) is 0 Å². The van der Waals surface area contributed by atoms with E-state index in [1.54, 1.807) is 0 Å². The van der Waals surface area contributed by atoms with Gasteiger partial charge >= 0.3 is 0 Å². The molecule has 3 heteroatoms. The number of nitrogens with zero attached hydrogens (tertiary/aromatic N) is 2. The van der Waals surface area contributed by atoms with Crippen LogP contribution < -0.4 is 5.32 Å². The van der Waals surface area contributed by atoms with Crippen LogP contribution >= 0.6 is 0 Å². The topological polar surface area (TPSA) is 29.9 Å². The van der Waals surface area contributed by atoms with E-state index in [0.717, 1.165) is 18.8 Å². The van der Waals surface area contributed by atoms with Crippen molar-refractivity contribution in [1.82, 2.24) is 9.55 Å². The third-order valence-corrected chi connectivity index (χ3v) is 3.43. The van der Waals surface area contributed by atoms with Crippen LogP contribution in [0, 0.1) is 0 Å². The third kappa shape index (κ3) is 1.83. The van der Waals surface area contributed by atoms with Crippen molar-refractivity contribution >= 4 is 5.95 Å². The molecule has 0 fully saturated rings. The SMILES string of the molecule is CCCc1nc2n(c1CC)C(C)CC(C)N2. The second-order valence-corrected chi connectivity index (χ2v) is 4.93. The predicted molar refractivity (Wildman–Crippen MR) is 68.0 cm³/mol. The van der Waals surface area contributed by atoms with Crippen molar-refractivity contribution < 1.29 is 0 Å². The van der Waals surface area contributed by atoms with Crippen molar-refractivity contribution in [2.45, 2.75) is 65.5 Å². The van der Waals surface area contributed by atoms with Crippen molar-refractivity contribution in [2.75, 3.05) is 5.32 Å². The number of aryl methyl sites for hydroxylation is 1. The third-order valence-electron chi connectivity index (χ3n) is 3.43. The summed E-state index contributed by atoms with van der Waals surface area (Å²) in [5.41, 5.74) is 2.73. The van der Waals surface area contributed by atoms with Gasteiger partial charge in [-0.15, -0.1) is 0 Å². The van der Waals surface area contributed by atoms with Crippen LogP contribution in [0.15, 0.2) is 0 Å². The number of fused-ring (bicyclic) bond motifs is 1. The first kappa shape index (κ1) is 11.5. The van der Waals surface area contributed by atoms with Gasteiger partial charge in [-0.05, 0) is 33.1 Å². The number of hydrogen-bond donors (Lipinski definition) is 1. The van der Waals surface area contributed by atoms with E-state index in [1.807, 2.05) is 0 Å². The zero-order chi connectivity index (χ0) is 11.7. The Hall–Kier alpha value is -0.990. The summed E-state index contributed by atoms with van der Waals surface area (Å²) in [6.45, 7) is 8.99. The molecular formula is C13H23N3. The number of imidazole rings is 1. The van der Waals surface area contributed by atoms with Crippen LogP contribution in [-0.4, -0.2) is 15.6 Å². The van der Waals surface area contributed by atoms with Crippen LogP contribution in [0.2, 0.25) is 0 Å². The number of anilines is 1. The normalized spacial score (nSPS) is 24.0. The van der Waals surface area contributed by atoms with Crippen molar-refractivity contribution in [3.63, 3.8) is 0 Å². The Morgan fingerprint density at radius 1 is 1.38 bits per heavy atom. The molecule has 1 aliphatic heterocycles. The fourth-order valence-electron chi connectivity index (χ4n) is 2.80. The Morgan fingerprint density at radius 2 is 2.12 bits per heavy atom. The van der Waals surface area contributed by atoms with Gasteiger partial charge in [0.25, 0.3) is 0 Å². The van der Waals surface area contributed by atoms with E-state index in [2.05, 4.69) is 37.6 Å². The molecule has 0 aromatic carbocycles. The van der Waals surface area contributed by atoms with Gasteiger partial charge in [0, 0.05) is 17.8 Å². The largest absolute Gasteiger partial charge is 0.353 e. The van der Waals surface area contributed by atoms with Crippen LogP contribution in [0.3, 0.4) is 0 Å². The molecular weight excluding hydrogens is 198 g/mol. The summed E-state index contributed by atoms with van der Waals surface area (Å²) in [5, 5.41) is 3.50. The minimum absolute atomic E-state index is 0.545. The van der Waals surface area contributed by atoms with Crippen LogP contribution in [0.4, 0.5) is 5.95 Å². The van der Waals surface area contributed by atoms with E-state index in [4.69, 9.17) is 4.98 Å². The summed E-state index contributed by atoms with van der Waals surface area (Å²) in [4.78, 5) is 4.76. The maximum Gasteiger partial charge on any atom is 0.203 e. The molecule has 0 spiro atoms. The van der Waals surface area contributed by atoms with E-state index in [9.17, 15) is 0 Å². The van der Waals surface area contributed by atoms with Gasteiger partial charge in [-0.25, -0.2) is 4.98 Å². The van der Waals surface area contributed by atoms with Gasteiger partial charge < -0.3 is 9.88 Å². The fraction of sp³-hybridized carbons (Fsp3) is 0.769. The summed E-state index contributed by atoms with van der Waals surface area (Å²) in [6.07, 6.45) is 4.56. The van der Waals surface area contributed by atoms with E-state index in [-0.39, 0.29) is 0 Å². The molecule has 16 heavy (non-hydrogen) atoms. The molecule has 2 unspecified atom stereocenters. The van der Waals surface area contributed by atoms with Gasteiger partial charge in [0.05, 0.1) is 5.69 Å². The first-order chi connectivity index (χ1) is 7.67. The zero-order valence-electron chi connectivity index (χ0n) is 10.9. The molecule has 3 nitrogen and oxygen atoms in total.